The molecule has 2 rings (SSSR count). The zero-order chi connectivity index (χ0) is 14.7. The summed E-state index contributed by atoms with van der Waals surface area (Å²) in [6, 6.07) is 11.8. The van der Waals surface area contributed by atoms with Gasteiger partial charge in [0, 0.05) is 22.9 Å². The number of nitro groups is 1. The van der Waals surface area contributed by atoms with Gasteiger partial charge >= 0.3 is 0 Å². The van der Waals surface area contributed by atoms with E-state index in [0.717, 1.165) is 5.56 Å². The van der Waals surface area contributed by atoms with Gasteiger partial charge in [0.2, 0.25) is 0 Å². The van der Waals surface area contributed by atoms with E-state index in [-0.39, 0.29) is 11.6 Å². The molecule has 1 N–H and O–H groups in total. The standard InChI is InChI=1S/C15H14N2O3/c1-10-6-8-12(9-7-10)16-15(18)13-4-3-5-14(11(13)2)17(19)20/h3-9H,1-2H3,(H,16,18). The monoisotopic (exact) mass is 270 g/mol. The van der Waals surface area contributed by atoms with Crippen molar-refractivity contribution in [3.8, 4) is 0 Å². The van der Waals surface area contributed by atoms with E-state index in [0.29, 0.717) is 16.8 Å². The molecule has 0 aromatic heterocycles. The van der Waals surface area contributed by atoms with E-state index >= 15 is 0 Å². The summed E-state index contributed by atoms with van der Waals surface area (Å²) in [5.74, 6) is -0.352. The zero-order valence-corrected chi connectivity index (χ0v) is 11.2. The SMILES string of the molecule is Cc1ccc(NC(=O)c2cccc([N+](=O)[O-])c2C)cc1. The second kappa shape index (κ2) is 5.52. The predicted octanol–water partition coefficient (Wildman–Crippen LogP) is 3.46. The Morgan fingerprint density at radius 3 is 2.35 bits per heavy atom. The van der Waals surface area contributed by atoms with Crippen molar-refractivity contribution >= 4 is 17.3 Å². The van der Waals surface area contributed by atoms with Gasteiger partial charge in [0.25, 0.3) is 11.6 Å². The Labute approximate surface area is 116 Å². The maximum atomic E-state index is 12.2. The van der Waals surface area contributed by atoms with Gasteiger partial charge in [-0.1, -0.05) is 23.8 Å². The lowest BCUT2D eigenvalue weighted by molar-refractivity contribution is -0.385. The molecule has 102 valence electrons. The van der Waals surface area contributed by atoms with Crippen LogP contribution in [0.25, 0.3) is 0 Å². The molecule has 0 saturated carbocycles. The Hall–Kier alpha value is -2.69. The number of rotatable bonds is 3. The molecule has 0 aliphatic rings. The van der Waals surface area contributed by atoms with Gasteiger partial charge in [-0.25, -0.2) is 0 Å². The molecule has 0 spiro atoms. The summed E-state index contributed by atoms with van der Waals surface area (Å²) in [6.45, 7) is 3.53. The fraction of sp³-hybridized carbons (Fsp3) is 0.133. The lowest BCUT2D eigenvalue weighted by atomic mass is 10.1. The summed E-state index contributed by atoms with van der Waals surface area (Å²) in [5.41, 5.74) is 2.37. The Kier molecular flexibility index (Phi) is 3.79. The third-order valence-electron chi connectivity index (χ3n) is 3.06. The molecular formula is C15H14N2O3. The molecule has 5 heteroatoms. The Morgan fingerprint density at radius 2 is 1.75 bits per heavy atom. The molecular weight excluding hydrogens is 256 g/mol. The molecule has 20 heavy (non-hydrogen) atoms. The van der Waals surface area contributed by atoms with Gasteiger partial charge in [-0.15, -0.1) is 0 Å². The van der Waals surface area contributed by atoms with Crippen LogP contribution in [0.2, 0.25) is 0 Å². The number of nitrogens with zero attached hydrogens (tertiary/aromatic N) is 1. The third-order valence-corrected chi connectivity index (χ3v) is 3.06. The van der Waals surface area contributed by atoms with Crippen molar-refractivity contribution in [3.05, 3.63) is 69.3 Å². The summed E-state index contributed by atoms with van der Waals surface area (Å²) in [6.07, 6.45) is 0. The van der Waals surface area contributed by atoms with Crippen LogP contribution in [0.5, 0.6) is 0 Å². The van der Waals surface area contributed by atoms with Crippen molar-refractivity contribution in [2.24, 2.45) is 0 Å². The average Bonchev–Trinajstić information content (AvgIpc) is 2.41. The van der Waals surface area contributed by atoms with Crippen LogP contribution in [0.1, 0.15) is 21.5 Å². The van der Waals surface area contributed by atoms with Crippen LogP contribution in [0, 0.1) is 24.0 Å². The first kappa shape index (κ1) is 13.7. The minimum absolute atomic E-state index is 0.0541. The summed E-state index contributed by atoms with van der Waals surface area (Å²) < 4.78 is 0. The van der Waals surface area contributed by atoms with Gasteiger partial charge < -0.3 is 5.32 Å². The van der Waals surface area contributed by atoms with Gasteiger partial charge in [0.05, 0.1) is 4.92 Å². The highest BCUT2D eigenvalue weighted by atomic mass is 16.6. The summed E-state index contributed by atoms with van der Waals surface area (Å²) in [4.78, 5) is 22.5. The number of carbonyl (C=O) groups is 1. The smallest absolute Gasteiger partial charge is 0.273 e. The average molecular weight is 270 g/mol. The molecule has 0 aliphatic carbocycles. The number of benzene rings is 2. The van der Waals surface area contributed by atoms with Crippen molar-refractivity contribution in [1.29, 1.82) is 0 Å². The lowest BCUT2D eigenvalue weighted by Crippen LogP contribution is -2.14. The maximum Gasteiger partial charge on any atom is 0.273 e. The number of aryl methyl sites for hydroxylation is 1. The number of amides is 1. The van der Waals surface area contributed by atoms with Gasteiger partial charge in [-0.3, -0.25) is 14.9 Å². The van der Waals surface area contributed by atoms with Crippen molar-refractivity contribution < 1.29 is 9.72 Å². The van der Waals surface area contributed by atoms with Crippen LogP contribution < -0.4 is 5.32 Å². The van der Waals surface area contributed by atoms with E-state index in [9.17, 15) is 14.9 Å². The van der Waals surface area contributed by atoms with Crippen LogP contribution in [0.4, 0.5) is 11.4 Å². The molecule has 1 amide bonds. The molecule has 5 nitrogen and oxygen atoms in total. The second-order valence-corrected chi connectivity index (χ2v) is 4.53. The van der Waals surface area contributed by atoms with Gasteiger partial charge in [0.1, 0.15) is 0 Å². The topological polar surface area (TPSA) is 72.2 Å². The Morgan fingerprint density at radius 1 is 1.10 bits per heavy atom. The number of anilines is 1. The van der Waals surface area contributed by atoms with E-state index in [4.69, 9.17) is 0 Å². The third kappa shape index (κ3) is 2.83. The number of carbonyl (C=O) groups excluding carboxylic acids is 1. The normalized spacial score (nSPS) is 10.1. The van der Waals surface area contributed by atoms with Crippen LogP contribution in [0.3, 0.4) is 0 Å². The highest BCUT2D eigenvalue weighted by Gasteiger charge is 2.17. The number of hydrogen-bond acceptors (Lipinski definition) is 3. The second-order valence-electron chi connectivity index (χ2n) is 4.53. The highest BCUT2D eigenvalue weighted by molar-refractivity contribution is 6.05. The fourth-order valence-corrected chi connectivity index (χ4v) is 1.90. The van der Waals surface area contributed by atoms with Crippen molar-refractivity contribution in [1.82, 2.24) is 0 Å². The summed E-state index contributed by atoms with van der Waals surface area (Å²) in [5, 5.41) is 13.6. The summed E-state index contributed by atoms with van der Waals surface area (Å²) in [7, 11) is 0. The summed E-state index contributed by atoms with van der Waals surface area (Å²) >= 11 is 0. The number of hydrogen-bond donors (Lipinski definition) is 1. The quantitative estimate of drug-likeness (QED) is 0.685. The van der Waals surface area contributed by atoms with E-state index in [1.807, 2.05) is 19.1 Å². The molecule has 0 bridgehead atoms. The predicted molar refractivity (Wildman–Crippen MR) is 77.0 cm³/mol. The molecule has 2 aromatic carbocycles. The van der Waals surface area contributed by atoms with Gasteiger partial charge in [0.15, 0.2) is 0 Å². The first-order valence-electron chi connectivity index (χ1n) is 6.11. The molecule has 0 aliphatic heterocycles. The molecule has 0 radical (unpaired) electrons. The molecule has 0 heterocycles. The van der Waals surface area contributed by atoms with Crippen LogP contribution in [-0.2, 0) is 0 Å². The van der Waals surface area contributed by atoms with Gasteiger partial charge in [-0.05, 0) is 32.0 Å². The first-order valence-corrected chi connectivity index (χ1v) is 6.11. The molecule has 0 fully saturated rings. The largest absolute Gasteiger partial charge is 0.322 e. The van der Waals surface area contributed by atoms with Crippen LogP contribution >= 0.6 is 0 Å². The van der Waals surface area contributed by atoms with Gasteiger partial charge in [-0.2, -0.15) is 0 Å². The van der Waals surface area contributed by atoms with Crippen LogP contribution in [-0.4, -0.2) is 10.8 Å². The minimum Gasteiger partial charge on any atom is -0.322 e. The van der Waals surface area contributed by atoms with Crippen molar-refractivity contribution in [2.45, 2.75) is 13.8 Å². The minimum atomic E-state index is -0.488. The van der Waals surface area contributed by atoms with E-state index in [1.165, 1.54) is 12.1 Å². The van der Waals surface area contributed by atoms with E-state index in [1.54, 1.807) is 25.1 Å². The first-order chi connectivity index (χ1) is 9.49. The van der Waals surface area contributed by atoms with E-state index < -0.39 is 4.92 Å². The lowest BCUT2D eigenvalue weighted by Gasteiger charge is -2.08. The molecule has 0 saturated heterocycles. The fourth-order valence-electron chi connectivity index (χ4n) is 1.90. The van der Waals surface area contributed by atoms with Crippen LogP contribution in [0.15, 0.2) is 42.5 Å². The maximum absolute atomic E-state index is 12.2. The Balaban J connectivity index is 2.28. The zero-order valence-electron chi connectivity index (χ0n) is 11.2. The molecule has 0 unspecified atom stereocenters. The number of nitrogens with one attached hydrogen (secondary N) is 1. The number of nitro benzene ring substituents is 1. The van der Waals surface area contributed by atoms with Crippen molar-refractivity contribution in [2.75, 3.05) is 5.32 Å². The highest BCUT2D eigenvalue weighted by Crippen LogP contribution is 2.22. The van der Waals surface area contributed by atoms with Crippen molar-refractivity contribution in [3.63, 3.8) is 0 Å². The molecule has 0 atom stereocenters. The Bertz CT molecular complexity index is 663. The van der Waals surface area contributed by atoms with E-state index in [2.05, 4.69) is 5.32 Å². The molecule has 2 aromatic rings.